The van der Waals surface area contributed by atoms with Crippen molar-refractivity contribution in [3.63, 3.8) is 0 Å². The molecule has 3 aromatic heterocycles. The van der Waals surface area contributed by atoms with Gasteiger partial charge in [-0.25, -0.2) is 4.52 Å². The third-order valence-corrected chi connectivity index (χ3v) is 12.6. The number of fused-ring (bicyclic) bond motifs is 3. The average Bonchev–Trinajstić information content (AvgIpc) is 3.94. The van der Waals surface area contributed by atoms with Crippen molar-refractivity contribution in [2.75, 3.05) is 49.9 Å². The zero-order valence-corrected chi connectivity index (χ0v) is 34.1. The Morgan fingerprint density at radius 1 is 0.951 bits per heavy atom. The summed E-state index contributed by atoms with van der Waals surface area (Å²) in [6.07, 6.45) is 7.70. The number of nitriles is 1. The van der Waals surface area contributed by atoms with Crippen LogP contribution in [0.15, 0.2) is 60.9 Å². The fourth-order valence-electron chi connectivity index (χ4n) is 9.36. The van der Waals surface area contributed by atoms with Crippen LogP contribution < -0.4 is 16.0 Å². The van der Waals surface area contributed by atoms with Crippen LogP contribution in [0.25, 0.3) is 16.4 Å². The topological polar surface area (TPSA) is 210 Å². The summed E-state index contributed by atoms with van der Waals surface area (Å²) in [5, 5.41) is 39.1. The Bertz CT molecular complexity index is 2640. The number of aromatic nitrogens is 4. The molecular formula is C44H47N11O6. The molecule has 4 N–H and O–H groups in total. The molecule has 61 heavy (non-hydrogen) atoms. The number of hydrogen-bond donors (Lipinski definition) is 4. The molecule has 2 saturated heterocycles. The third-order valence-electron chi connectivity index (χ3n) is 12.6. The molecule has 5 amide bonds. The van der Waals surface area contributed by atoms with Crippen molar-refractivity contribution in [2.24, 2.45) is 0 Å². The van der Waals surface area contributed by atoms with E-state index in [0.29, 0.717) is 46.3 Å². The van der Waals surface area contributed by atoms with Gasteiger partial charge in [0.2, 0.25) is 11.8 Å². The van der Waals surface area contributed by atoms with Crippen LogP contribution in [0.2, 0.25) is 0 Å². The fraction of sp³-hybridized carbons (Fsp3) is 0.409. The minimum atomic E-state index is -1.26. The number of imide groups is 2. The van der Waals surface area contributed by atoms with Crippen molar-refractivity contribution in [1.82, 2.24) is 39.4 Å². The first-order valence-corrected chi connectivity index (χ1v) is 20.9. The zero-order valence-electron chi connectivity index (χ0n) is 34.1. The number of anilines is 2. The van der Waals surface area contributed by atoms with Crippen LogP contribution in [0.1, 0.15) is 101 Å². The van der Waals surface area contributed by atoms with E-state index in [2.05, 4.69) is 36.9 Å². The number of piperidine rings is 1. The van der Waals surface area contributed by atoms with Crippen molar-refractivity contribution in [3.05, 3.63) is 88.9 Å². The number of aliphatic hydroxyl groups is 1. The van der Waals surface area contributed by atoms with E-state index in [9.17, 15) is 34.3 Å². The van der Waals surface area contributed by atoms with Crippen LogP contribution in [0.3, 0.4) is 0 Å². The van der Waals surface area contributed by atoms with E-state index in [0.717, 1.165) is 74.2 Å². The van der Waals surface area contributed by atoms with Crippen molar-refractivity contribution < 1.29 is 29.1 Å². The molecule has 314 valence electrons. The summed E-state index contributed by atoms with van der Waals surface area (Å²) in [7, 11) is 0. The lowest BCUT2D eigenvalue weighted by Crippen LogP contribution is -2.54. The smallest absolute Gasteiger partial charge is 0.274 e. The highest BCUT2D eigenvalue weighted by Crippen LogP contribution is 2.36. The molecule has 0 spiro atoms. The van der Waals surface area contributed by atoms with Crippen LogP contribution in [0, 0.1) is 11.3 Å². The molecule has 4 aliphatic rings. The largest absolute Gasteiger partial charge is 0.386 e. The predicted molar refractivity (Wildman–Crippen MR) is 224 cm³/mol. The standard InChI is InChI=1S/C44H47N11O6/c1-44(2,61)32-22-34-27(21-35(32)48-41(58)37-11-10-30-20-26(23-45)24-47-55(30)37)25-53(50-34)29-8-6-28(7-9-29)52-18-16-51(17-19-52)15-14-46-33-5-3-4-31-39(33)43(60)54(42(31)59)36-12-13-38(56)49-40(36)57/h3-5,10-11,20-22,24-25,28-29,36,46,61H,6-9,12-19H2,1-2H3,(H,48,58)(H,49,56,57). The van der Waals surface area contributed by atoms with Gasteiger partial charge >= 0.3 is 0 Å². The Hall–Kier alpha value is -6.48. The van der Waals surface area contributed by atoms with Gasteiger partial charge in [-0.1, -0.05) is 6.07 Å². The maximum absolute atomic E-state index is 13.5. The molecule has 2 aromatic carbocycles. The summed E-state index contributed by atoms with van der Waals surface area (Å²) in [6.45, 7) is 8.46. The minimum absolute atomic E-state index is 0.0750. The predicted octanol–water partition coefficient (Wildman–Crippen LogP) is 3.65. The number of carbonyl (C=O) groups is 5. The van der Waals surface area contributed by atoms with Gasteiger partial charge in [0.05, 0.1) is 45.6 Å². The molecule has 1 saturated carbocycles. The molecular weight excluding hydrogens is 779 g/mol. The summed E-state index contributed by atoms with van der Waals surface area (Å²) >= 11 is 0. The summed E-state index contributed by atoms with van der Waals surface area (Å²) in [5.74, 6) is -2.45. The monoisotopic (exact) mass is 825 g/mol. The number of piperazine rings is 1. The van der Waals surface area contributed by atoms with Gasteiger partial charge in [0.15, 0.2) is 0 Å². The Morgan fingerprint density at radius 2 is 1.72 bits per heavy atom. The highest BCUT2D eigenvalue weighted by molar-refractivity contribution is 6.25. The quantitative estimate of drug-likeness (QED) is 0.149. The normalized spacial score (nSPS) is 21.5. The first kappa shape index (κ1) is 40.0. The Labute approximate surface area is 351 Å². The van der Waals surface area contributed by atoms with Crippen LogP contribution in [-0.2, 0) is 15.2 Å². The van der Waals surface area contributed by atoms with E-state index >= 15 is 0 Å². The minimum Gasteiger partial charge on any atom is -0.386 e. The Morgan fingerprint density at radius 3 is 2.46 bits per heavy atom. The zero-order chi connectivity index (χ0) is 42.6. The highest BCUT2D eigenvalue weighted by Gasteiger charge is 2.45. The van der Waals surface area contributed by atoms with Gasteiger partial charge in [-0.15, -0.1) is 0 Å². The van der Waals surface area contributed by atoms with Gasteiger partial charge in [-0.3, -0.25) is 48.7 Å². The van der Waals surface area contributed by atoms with Gasteiger partial charge < -0.3 is 15.7 Å². The molecule has 0 radical (unpaired) electrons. The van der Waals surface area contributed by atoms with Crippen LogP contribution in [-0.4, -0.2) is 120 Å². The van der Waals surface area contributed by atoms with Crippen molar-refractivity contribution in [1.29, 1.82) is 5.26 Å². The first-order chi connectivity index (χ1) is 29.4. The molecule has 17 heteroatoms. The maximum atomic E-state index is 13.5. The van der Waals surface area contributed by atoms with E-state index in [1.807, 2.05) is 23.0 Å². The molecule has 9 rings (SSSR count). The van der Waals surface area contributed by atoms with Gasteiger partial charge in [-0.2, -0.15) is 15.5 Å². The first-order valence-electron chi connectivity index (χ1n) is 20.9. The number of hydrogen-bond acceptors (Lipinski definition) is 12. The Kier molecular flexibility index (Phi) is 10.4. The number of carbonyl (C=O) groups excluding carboxylic acids is 5. The van der Waals surface area contributed by atoms with Crippen molar-refractivity contribution >= 4 is 57.3 Å². The number of benzene rings is 2. The van der Waals surface area contributed by atoms with E-state index in [1.165, 1.54) is 10.7 Å². The van der Waals surface area contributed by atoms with Gasteiger partial charge in [0.1, 0.15) is 17.8 Å². The van der Waals surface area contributed by atoms with Crippen molar-refractivity contribution in [2.45, 2.75) is 76.1 Å². The summed E-state index contributed by atoms with van der Waals surface area (Å²) in [5.41, 5.74) is 2.95. The SMILES string of the molecule is CC(C)(O)c1cc2nn(C3CCC(N4CCN(CCNc5cccc6c5C(=O)N(C5CCC(=O)NC5=O)C6=O)CC4)CC3)cc2cc1NC(=O)c1ccc2cc(C#N)cnn12. The number of rotatable bonds is 10. The van der Waals surface area contributed by atoms with Gasteiger partial charge in [0, 0.05) is 80.3 Å². The molecule has 0 bridgehead atoms. The van der Waals surface area contributed by atoms with Gasteiger partial charge in [0.25, 0.3) is 17.7 Å². The molecule has 1 atom stereocenters. The average molecular weight is 826 g/mol. The van der Waals surface area contributed by atoms with Crippen molar-refractivity contribution in [3.8, 4) is 6.07 Å². The maximum Gasteiger partial charge on any atom is 0.274 e. The third kappa shape index (κ3) is 7.62. The molecule has 1 unspecified atom stereocenters. The second-order valence-corrected chi connectivity index (χ2v) is 16.9. The molecule has 3 fully saturated rings. The van der Waals surface area contributed by atoms with E-state index in [-0.39, 0.29) is 30.0 Å². The number of amides is 5. The van der Waals surface area contributed by atoms with Crippen LogP contribution in [0.4, 0.5) is 11.4 Å². The summed E-state index contributed by atoms with van der Waals surface area (Å²) in [4.78, 5) is 70.3. The van der Waals surface area contributed by atoms with Gasteiger partial charge in [-0.05, 0) is 88.4 Å². The lowest BCUT2D eigenvalue weighted by Gasteiger charge is -2.42. The molecule has 5 aromatic rings. The number of nitrogens with one attached hydrogen (secondary N) is 3. The summed E-state index contributed by atoms with van der Waals surface area (Å²) < 4.78 is 3.53. The summed E-state index contributed by atoms with van der Waals surface area (Å²) in [6, 6.07) is 15.7. The molecule has 6 heterocycles. The van der Waals surface area contributed by atoms with E-state index < -0.39 is 41.2 Å². The molecule has 17 nitrogen and oxygen atoms in total. The molecule has 1 aliphatic carbocycles. The molecule has 3 aliphatic heterocycles. The number of nitrogens with zero attached hydrogens (tertiary/aromatic N) is 8. The van der Waals surface area contributed by atoms with E-state index in [1.54, 1.807) is 50.2 Å². The Balaban J connectivity index is 0.778. The van der Waals surface area contributed by atoms with Crippen LogP contribution in [0.5, 0.6) is 0 Å². The van der Waals surface area contributed by atoms with E-state index in [4.69, 9.17) is 5.10 Å². The lowest BCUT2D eigenvalue weighted by molar-refractivity contribution is -0.136. The highest BCUT2D eigenvalue weighted by atomic mass is 16.3. The second-order valence-electron chi connectivity index (χ2n) is 16.9. The lowest BCUT2D eigenvalue weighted by atomic mass is 9.90. The second kappa shape index (κ2) is 15.8. The van der Waals surface area contributed by atoms with Crippen LogP contribution >= 0.6 is 0 Å². The fourth-order valence-corrected chi connectivity index (χ4v) is 9.36.